The number of rotatable bonds is 7. The molecule has 7 atom stereocenters. The van der Waals surface area contributed by atoms with Crippen LogP contribution in [-0.2, 0) is 0 Å². The Labute approximate surface area is 203 Å². The predicted octanol–water partition coefficient (Wildman–Crippen LogP) is 10.7. The SMILES string of the molecule is CCC1CCCC(C)C1.CCCCC1C(C)CC2CCCC2C1C1CCC(CCC)CC1. The molecule has 0 spiro atoms. The Balaban J connectivity index is 0.000000269. The molecule has 0 saturated heterocycles. The summed E-state index contributed by atoms with van der Waals surface area (Å²) in [6.45, 7) is 12.1. The first-order valence-electron chi connectivity index (χ1n) is 15.6. The first-order valence-corrected chi connectivity index (χ1v) is 15.6. The standard InChI is InChI=1S/C23H42.C9H18/c1-4-6-10-21-17(3)16-20-9-7-11-22(20)23(21)19-14-12-18(8-5-2)13-15-19;1-3-9-6-4-5-8(2)7-9/h17-23H,4-16H2,1-3H3;8-9H,3-7H2,1-2H3. The molecule has 7 unspecified atom stereocenters. The van der Waals surface area contributed by atoms with Gasteiger partial charge in [0.2, 0.25) is 0 Å². The maximum atomic E-state index is 2.62. The third-order valence-electron chi connectivity index (χ3n) is 10.8. The van der Waals surface area contributed by atoms with E-state index in [0.717, 1.165) is 53.3 Å². The fourth-order valence-electron chi connectivity index (χ4n) is 9.03. The normalized spacial score (nSPS) is 42.1. The molecule has 4 saturated carbocycles. The van der Waals surface area contributed by atoms with Gasteiger partial charge < -0.3 is 0 Å². The van der Waals surface area contributed by atoms with Crippen molar-refractivity contribution in [3.8, 4) is 0 Å². The van der Waals surface area contributed by atoms with Crippen LogP contribution in [0.5, 0.6) is 0 Å². The molecule has 4 fully saturated rings. The highest BCUT2D eigenvalue weighted by atomic mass is 14.5. The Kier molecular flexibility index (Phi) is 11.5. The third-order valence-corrected chi connectivity index (χ3v) is 10.8. The van der Waals surface area contributed by atoms with Crippen LogP contribution in [0.25, 0.3) is 0 Å². The van der Waals surface area contributed by atoms with Gasteiger partial charge in [-0.05, 0) is 91.8 Å². The Morgan fingerprint density at radius 3 is 2.00 bits per heavy atom. The van der Waals surface area contributed by atoms with Crippen molar-refractivity contribution >= 4 is 0 Å². The molecule has 0 radical (unpaired) electrons. The van der Waals surface area contributed by atoms with E-state index in [9.17, 15) is 0 Å². The Morgan fingerprint density at radius 2 is 1.38 bits per heavy atom. The Morgan fingerprint density at radius 1 is 0.625 bits per heavy atom. The molecule has 4 rings (SSSR count). The highest BCUT2D eigenvalue weighted by Gasteiger charge is 2.47. The minimum absolute atomic E-state index is 1.01. The van der Waals surface area contributed by atoms with Crippen molar-refractivity contribution in [1.82, 2.24) is 0 Å². The molecule has 0 aromatic carbocycles. The second-order valence-corrected chi connectivity index (χ2v) is 13.1. The van der Waals surface area contributed by atoms with Gasteiger partial charge in [0.25, 0.3) is 0 Å². The molecule has 32 heavy (non-hydrogen) atoms. The van der Waals surface area contributed by atoms with Crippen molar-refractivity contribution < 1.29 is 0 Å². The lowest BCUT2D eigenvalue weighted by Crippen LogP contribution is -2.42. The summed E-state index contributed by atoms with van der Waals surface area (Å²) in [6.07, 6.45) is 27.2. The van der Waals surface area contributed by atoms with E-state index in [1.165, 1.54) is 57.8 Å². The van der Waals surface area contributed by atoms with Crippen molar-refractivity contribution in [3.63, 3.8) is 0 Å². The van der Waals surface area contributed by atoms with Crippen LogP contribution in [0.4, 0.5) is 0 Å². The quantitative estimate of drug-likeness (QED) is 0.366. The number of hydrogen-bond acceptors (Lipinski definition) is 0. The van der Waals surface area contributed by atoms with E-state index in [4.69, 9.17) is 0 Å². The summed E-state index contributed by atoms with van der Waals surface area (Å²) in [6, 6.07) is 0. The van der Waals surface area contributed by atoms with Gasteiger partial charge in [-0.1, -0.05) is 112 Å². The van der Waals surface area contributed by atoms with E-state index in [1.807, 2.05) is 0 Å². The Hall–Kier alpha value is 0. The number of fused-ring (bicyclic) bond motifs is 1. The van der Waals surface area contributed by atoms with Crippen LogP contribution in [0, 0.1) is 53.3 Å². The van der Waals surface area contributed by atoms with E-state index in [0.29, 0.717) is 0 Å². The van der Waals surface area contributed by atoms with Gasteiger partial charge in [0.1, 0.15) is 0 Å². The summed E-state index contributed by atoms with van der Waals surface area (Å²) in [5, 5.41) is 0. The highest BCUT2D eigenvalue weighted by molar-refractivity contribution is 4.97. The zero-order chi connectivity index (χ0) is 22.9. The van der Waals surface area contributed by atoms with E-state index in [-0.39, 0.29) is 0 Å². The Bertz CT molecular complexity index is 486. The lowest BCUT2D eigenvalue weighted by molar-refractivity contribution is -0.00284. The summed E-state index contributed by atoms with van der Waals surface area (Å²) in [5.41, 5.74) is 0. The number of hydrogen-bond donors (Lipinski definition) is 0. The highest BCUT2D eigenvalue weighted by Crippen LogP contribution is 2.56. The average molecular weight is 445 g/mol. The van der Waals surface area contributed by atoms with Crippen LogP contribution in [-0.4, -0.2) is 0 Å². The molecule has 0 aliphatic heterocycles. The molecular formula is C32H60. The zero-order valence-electron chi connectivity index (χ0n) is 22.9. The van der Waals surface area contributed by atoms with E-state index >= 15 is 0 Å². The zero-order valence-corrected chi connectivity index (χ0v) is 22.9. The van der Waals surface area contributed by atoms with Crippen LogP contribution in [0.3, 0.4) is 0 Å². The topological polar surface area (TPSA) is 0 Å². The van der Waals surface area contributed by atoms with E-state index in [2.05, 4.69) is 34.6 Å². The fourth-order valence-corrected chi connectivity index (χ4v) is 9.03. The summed E-state index contributed by atoms with van der Waals surface area (Å²) >= 11 is 0. The van der Waals surface area contributed by atoms with E-state index in [1.54, 1.807) is 57.8 Å². The molecule has 0 heterocycles. The van der Waals surface area contributed by atoms with Crippen molar-refractivity contribution in [2.24, 2.45) is 53.3 Å². The molecule has 4 aliphatic rings. The first kappa shape index (κ1) is 26.6. The summed E-state index contributed by atoms with van der Waals surface area (Å²) < 4.78 is 0. The van der Waals surface area contributed by atoms with Crippen molar-refractivity contribution in [3.05, 3.63) is 0 Å². The van der Waals surface area contributed by atoms with Gasteiger partial charge in [-0.3, -0.25) is 0 Å². The van der Waals surface area contributed by atoms with Gasteiger partial charge >= 0.3 is 0 Å². The maximum Gasteiger partial charge on any atom is -0.0324 e. The fraction of sp³-hybridized carbons (Fsp3) is 1.00. The molecule has 0 nitrogen and oxygen atoms in total. The van der Waals surface area contributed by atoms with Gasteiger partial charge in [0.05, 0.1) is 0 Å². The lowest BCUT2D eigenvalue weighted by Gasteiger charge is -2.49. The minimum atomic E-state index is 1.01. The van der Waals surface area contributed by atoms with Crippen molar-refractivity contribution in [1.29, 1.82) is 0 Å². The van der Waals surface area contributed by atoms with Crippen LogP contribution >= 0.6 is 0 Å². The molecule has 0 heteroatoms. The molecule has 0 aromatic rings. The average Bonchev–Trinajstić information content (AvgIpc) is 3.26. The smallest absolute Gasteiger partial charge is 0.0324 e. The second-order valence-electron chi connectivity index (χ2n) is 13.1. The van der Waals surface area contributed by atoms with Crippen LogP contribution in [0.15, 0.2) is 0 Å². The second kappa shape index (κ2) is 13.8. The molecular weight excluding hydrogens is 384 g/mol. The van der Waals surface area contributed by atoms with Gasteiger partial charge in [0.15, 0.2) is 0 Å². The van der Waals surface area contributed by atoms with Gasteiger partial charge in [-0.25, -0.2) is 0 Å². The first-order chi connectivity index (χ1) is 15.6. The van der Waals surface area contributed by atoms with Crippen LogP contribution < -0.4 is 0 Å². The van der Waals surface area contributed by atoms with Crippen LogP contribution in [0.2, 0.25) is 0 Å². The van der Waals surface area contributed by atoms with E-state index < -0.39 is 0 Å². The third kappa shape index (κ3) is 7.25. The largest absolute Gasteiger partial charge is 0.0654 e. The minimum Gasteiger partial charge on any atom is -0.0654 e. The molecule has 0 amide bonds. The van der Waals surface area contributed by atoms with Crippen molar-refractivity contribution in [2.45, 2.75) is 150 Å². The summed E-state index contributed by atoms with van der Waals surface area (Å²) in [7, 11) is 0. The van der Waals surface area contributed by atoms with Crippen molar-refractivity contribution in [2.75, 3.05) is 0 Å². The number of unbranched alkanes of at least 4 members (excludes halogenated alkanes) is 1. The van der Waals surface area contributed by atoms with Crippen LogP contribution in [0.1, 0.15) is 150 Å². The molecule has 188 valence electrons. The molecule has 0 bridgehead atoms. The van der Waals surface area contributed by atoms with Gasteiger partial charge in [-0.15, -0.1) is 0 Å². The summed E-state index contributed by atoms with van der Waals surface area (Å²) in [5.74, 6) is 9.69. The van der Waals surface area contributed by atoms with Gasteiger partial charge in [-0.2, -0.15) is 0 Å². The lowest BCUT2D eigenvalue weighted by atomic mass is 9.56. The molecule has 4 aliphatic carbocycles. The molecule has 0 N–H and O–H groups in total. The van der Waals surface area contributed by atoms with Gasteiger partial charge in [0, 0.05) is 0 Å². The maximum absolute atomic E-state index is 2.62. The summed E-state index contributed by atoms with van der Waals surface area (Å²) in [4.78, 5) is 0. The predicted molar refractivity (Wildman–Crippen MR) is 143 cm³/mol. The monoisotopic (exact) mass is 444 g/mol. The molecule has 0 aromatic heterocycles.